The monoisotopic (exact) mass is 246 g/mol. The van der Waals surface area contributed by atoms with Gasteiger partial charge >= 0.3 is 6.09 Å². The molecule has 0 aliphatic heterocycles. The minimum atomic E-state index is -0.592. The van der Waals surface area contributed by atoms with Gasteiger partial charge in [-0.1, -0.05) is 6.07 Å². The van der Waals surface area contributed by atoms with Crippen molar-refractivity contribution in [2.24, 2.45) is 0 Å². The Morgan fingerprint density at radius 2 is 2.06 bits per heavy atom. The van der Waals surface area contributed by atoms with E-state index in [1.54, 1.807) is 24.5 Å². The second-order valence-electron chi connectivity index (χ2n) is 3.57. The molecule has 0 radical (unpaired) electrons. The predicted octanol–water partition coefficient (Wildman–Crippen LogP) is 2.97. The Morgan fingerprint density at radius 3 is 2.72 bits per heavy atom. The lowest BCUT2D eigenvalue weighted by Crippen LogP contribution is -2.13. The summed E-state index contributed by atoms with van der Waals surface area (Å²) in [5, 5.41) is 2.49. The van der Waals surface area contributed by atoms with Crippen molar-refractivity contribution in [1.29, 1.82) is 0 Å². The maximum atomic E-state index is 12.6. The van der Waals surface area contributed by atoms with Gasteiger partial charge in [-0.25, -0.2) is 9.18 Å². The lowest BCUT2D eigenvalue weighted by molar-refractivity contribution is 0.155. The average molecular weight is 246 g/mol. The molecule has 4 nitrogen and oxygen atoms in total. The Kier molecular flexibility index (Phi) is 3.86. The summed E-state index contributed by atoms with van der Waals surface area (Å²) in [5.74, 6) is -0.357. The largest absolute Gasteiger partial charge is 0.444 e. The van der Waals surface area contributed by atoms with Gasteiger partial charge in [-0.05, 0) is 30.3 Å². The fourth-order valence-electron chi connectivity index (χ4n) is 1.32. The molecule has 2 rings (SSSR count). The molecule has 1 aromatic carbocycles. The van der Waals surface area contributed by atoms with E-state index in [1.807, 2.05) is 0 Å². The zero-order valence-electron chi connectivity index (χ0n) is 9.47. The van der Waals surface area contributed by atoms with Crippen molar-refractivity contribution in [2.45, 2.75) is 6.61 Å². The van der Waals surface area contributed by atoms with E-state index in [0.29, 0.717) is 5.69 Å². The van der Waals surface area contributed by atoms with E-state index in [1.165, 1.54) is 24.3 Å². The van der Waals surface area contributed by atoms with Gasteiger partial charge < -0.3 is 4.74 Å². The third kappa shape index (κ3) is 3.55. The number of rotatable bonds is 3. The molecule has 92 valence electrons. The minimum absolute atomic E-state index is 0.140. The van der Waals surface area contributed by atoms with Gasteiger partial charge in [0.25, 0.3) is 0 Å². The molecular weight excluding hydrogens is 235 g/mol. The minimum Gasteiger partial charge on any atom is -0.444 e. The number of hydrogen-bond donors (Lipinski definition) is 1. The first-order valence-corrected chi connectivity index (χ1v) is 5.32. The number of aromatic nitrogens is 1. The molecule has 0 saturated heterocycles. The number of amides is 1. The van der Waals surface area contributed by atoms with Crippen molar-refractivity contribution in [3.05, 3.63) is 60.2 Å². The molecule has 0 aliphatic carbocycles. The number of benzene rings is 1. The van der Waals surface area contributed by atoms with Crippen molar-refractivity contribution < 1.29 is 13.9 Å². The number of carbonyl (C=O) groups is 1. The number of nitrogens with zero attached hydrogens (tertiary/aromatic N) is 1. The second kappa shape index (κ2) is 5.77. The molecule has 0 aliphatic rings. The summed E-state index contributed by atoms with van der Waals surface area (Å²) >= 11 is 0. The van der Waals surface area contributed by atoms with Crippen LogP contribution in [0.4, 0.5) is 14.9 Å². The summed E-state index contributed by atoms with van der Waals surface area (Å²) < 4.78 is 17.6. The second-order valence-corrected chi connectivity index (χ2v) is 3.57. The highest BCUT2D eigenvalue weighted by atomic mass is 19.1. The van der Waals surface area contributed by atoms with E-state index in [-0.39, 0.29) is 12.4 Å². The summed E-state index contributed by atoms with van der Waals surface area (Å²) in [4.78, 5) is 15.3. The van der Waals surface area contributed by atoms with Crippen LogP contribution in [-0.4, -0.2) is 11.1 Å². The highest BCUT2D eigenvalue weighted by Crippen LogP contribution is 2.09. The Hall–Kier alpha value is -2.43. The smallest absolute Gasteiger partial charge is 0.411 e. The third-order valence-electron chi connectivity index (χ3n) is 2.18. The summed E-state index contributed by atoms with van der Waals surface area (Å²) in [7, 11) is 0. The molecule has 1 amide bonds. The summed E-state index contributed by atoms with van der Waals surface area (Å²) in [6, 6.07) is 9.00. The maximum absolute atomic E-state index is 12.6. The highest BCUT2D eigenvalue weighted by Gasteiger charge is 2.03. The molecule has 0 bridgehead atoms. The van der Waals surface area contributed by atoms with Gasteiger partial charge in [-0.15, -0.1) is 0 Å². The Labute approximate surface area is 103 Å². The van der Waals surface area contributed by atoms with Crippen LogP contribution in [0.1, 0.15) is 5.56 Å². The lowest BCUT2D eigenvalue weighted by Gasteiger charge is -2.06. The SMILES string of the molecule is O=C(Nc1ccc(F)cc1)OCc1cccnc1. The first-order valence-electron chi connectivity index (χ1n) is 5.32. The van der Waals surface area contributed by atoms with E-state index in [0.717, 1.165) is 5.56 Å². The fourth-order valence-corrected chi connectivity index (χ4v) is 1.32. The van der Waals surface area contributed by atoms with Gasteiger partial charge in [-0.3, -0.25) is 10.3 Å². The van der Waals surface area contributed by atoms with Gasteiger partial charge in [-0.2, -0.15) is 0 Å². The molecule has 1 N–H and O–H groups in total. The predicted molar refractivity (Wildman–Crippen MR) is 64.4 cm³/mol. The number of ether oxygens (including phenoxy) is 1. The van der Waals surface area contributed by atoms with Crippen LogP contribution in [-0.2, 0) is 11.3 Å². The van der Waals surface area contributed by atoms with Crippen molar-refractivity contribution in [1.82, 2.24) is 4.98 Å². The molecule has 0 atom stereocenters. The van der Waals surface area contributed by atoms with E-state index in [2.05, 4.69) is 10.3 Å². The molecule has 1 aromatic heterocycles. The Morgan fingerprint density at radius 1 is 1.28 bits per heavy atom. The number of halogens is 1. The van der Waals surface area contributed by atoms with Crippen LogP contribution < -0.4 is 5.32 Å². The van der Waals surface area contributed by atoms with Crippen LogP contribution in [0.25, 0.3) is 0 Å². The molecule has 2 aromatic rings. The van der Waals surface area contributed by atoms with Crippen LogP contribution in [0.5, 0.6) is 0 Å². The average Bonchev–Trinajstić information content (AvgIpc) is 2.40. The van der Waals surface area contributed by atoms with Crippen LogP contribution in [0.3, 0.4) is 0 Å². The molecule has 0 spiro atoms. The number of pyridine rings is 1. The topological polar surface area (TPSA) is 51.2 Å². The van der Waals surface area contributed by atoms with E-state index >= 15 is 0 Å². The van der Waals surface area contributed by atoms with E-state index in [9.17, 15) is 9.18 Å². The Bertz CT molecular complexity index is 514. The molecule has 1 heterocycles. The van der Waals surface area contributed by atoms with Crippen molar-refractivity contribution in [3.8, 4) is 0 Å². The number of hydrogen-bond acceptors (Lipinski definition) is 3. The highest BCUT2D eigenvalue weighted by molar-refractivity contribution is 5.84. The number of nitrogens with one attached hydrogen (secondary N) is 1. The first-order chi connectivity index (χ1) is 8.74. The zero-order valence-corrected chi connectivity index (χ0v) is 9.47. The lowest BCUT2D eigenvalue weighted by atomic mass is 10.3. The van der Waals surface area contributed by atoms with E-state index in [4.69, 9.17) is 4.74 Å². The van der Waals surface area contributed by atoms with Crippen molar-refractivity contribution >= 4 is 11.8 Å². The van der Waals surface area contributed by atoms with Gasteiger partial charge in [0.15, 0.2) is 0 Å². The quantitative estimate of drug-likeness (QED) is 0.905. The molecule has 0 unspecified atom stereocenters. The van der Waals surface area contributed by atoms with E-state index < -0.39 is 6.09 Å². The molecule has 18 heavy (non-hydrogen) atoms. The molecule has 0 fully saturated rings. The van der Waals surface area contributed by atoms with Crippen molar-refractivity contribution in [3.63, 3.8) is 0 Å². The molecule has 0 saturated carbocycles. The van der Waals surface area contributed by atoms with Gasteiger partial charge in [0.2, 0.25) is 0 Å². The number of carbonyl (C=O) groups excluding carboxylic acids is 1. The van der Waals surface area contributed by atoms with Crippen LogP contribution in [0.15, 0.2) is 48.8 Å². The fraction of sp³-hybridized carbons (Fsp3) is 0.0769. The van der Waals surface area contributed by atoms with Crippen LogP contribution in [0, 0.1) is 5.82 Å². The summed E-state index contributed by atoms with van der Waals surface area (Å²) in [5.41, 5.74) is 1.28. The Balaban J connectivity index is 1.84. The summed E-state index contributed by atoms with van der Waals surface area (Å²) in [6.07, 6.45) is 2.67. The standard InChI is InChI=1S/C13H11FN2O2/c14-11-3-5-12(6-4-11)16-13(17)18-9-10-2-1-7-15-8-10/h1-8H,9H2,(H,16,17). The van der Waals surface area contributed by atoms with Gasteiger partial charge in [0, 0.05) is 23.6 Å². The zero-order chi connectivity index (χ0) is 12.8. The number of anilines is 1. The van der Waals surface area contributed by atoms with Crippen LogP contribution in [0.2, 0.25) is 0 Å². The molecule has 5 heteroatoms. The van der Waals surface area contributed by atoms with Crippen molar-refractivity contribution in [2.75, 3.05) is 5.32 Å². The first kappa shape index (κ1) is 12.0. The normalized spacial score (nSPS) is 9.83. The van der Waals surface area contributed by atoms with Gasteiger partial charge in [0.05, 0.1) is 0 Å². The van der Waals surface area contributed by atoms with Crippen LogP contribution >= 0.6 is 0 Å². The third-order valence-corrected chi connectivity index (χ3v) is 2.18. The maximum Gasteiger partial charge on any atom is 0.411 e. The van der Waals surface area contributed by atoms with Gasteiger partial charge in [0.1, 0.15) is 12.4 Å². The summed E-state index contributed by atoms with van der Waals surface area (Å²) in [6.45, 7) is 0.140. The molecular formula is C13H11FN2O2.